The van der Waals surface area contributed by atoms with Gasteiger partial charge in [0.2, 0.25) is 0 Å². The van der Waals surface area contributed by atoms with E-state index in [0.717, 1.165) is 15.8 Å². The van der Waals surface area contributed by atoms with E-state index in [1.165, 1.54) is 11.1 Å². The van der Waals surface area contributed by atoms with E-state index in [4.69, 9.17) is 0 Å². The minimum absolute atomic E-state index is 1.11. The highest BCUT2D eigenvalue weighted by Gasteiger charge is 2.01. The van der Waals surface area contributed by atoms with Crippen LogP contribution in [0.25, 0.3) is 0 Å². The number of rotatable bonds is 2. The van der Waals surface area contributed by atoms with Crippen LogP contribution in [0.4, 0.5) is 11.4 Å². The first-order valence-corrected chi connectivity index (χ1v) is 6.05. The van der Waals surface area contributed by atoms with Crippen molar-refractivity contribution in [1.29, 1.82) is 0 Å². The quantitative estimate of drug-likeness (QED) is 0.830. The largest absolute Gasteiger partial charge is 0.355 e. The zero-order valence-electron chi connectivity index (χ0n) is 9.42. The van der Waals surface area contributed by atoms with Crippen LogP contribution in [0.3, 0.4) is 0 Å². The highest BCUT2D eigenvalue weighted by molar-refractivity contribution is 9.10. The summed E-state index contributed by atoms with van der Waals surface area (Å²) in [5.41, 5.74) is 4.80. The Kier molecular flexibility index (Phi) is 3.30. The molecular weight excluding hydrogens is 262 g/mol. The molecule has 0 aromatic heterocycles. The van der Waals surface area contributed by atoms with Crippen molar-refractivity contribution in [2.75, 3.05) is 5.32 Å². The maximum absolute atomic E-state index is 3.47. The van der Waals surface area contributed by atoms with E-state index in [9.17, 15) is 0 Å². The Morgan fingerprint density at radius 2 is 1.56 bits per heavy atom. The van der Waals surface area contributed by atoms with Gasteiger partial charge in [-0.05, 0) is 49.2 Å². The van der Waals surface area contributed by atoms with Gasteiger partial charge in [0.1, 0.15) is 0 Å². The lowest BCUT2D eigenvalue weighted by atomic mass is 10.1. The van der Waals surface area contributed by atoms with Crippen LogP contribution in [0.2, 0.25) is 0 Å². The van der Waals surface area contributed by atoms with E-state index in [-0.39, 0.29) is 0 Å². The highest BCUT2D eigenvalue weighted by atomic mass is 79.9. The number of aryl methyl sites for hydroxylation is 2. The van der Waals surface area contributed by atoms with Crippen molar-refractivity contribution in [3.8, 4) is 0 Å². The zero-order valence-corrected chi connectivity index (χ0v) is 11.0. The Labute approximate surface area is 105 Å². The summed E-state index contributed by atoms with van der Waals surface area (Å²) in [4.78, 5) is 0. The smallest absolute Gasteiger partial charge is 0.0414 e. The molecule has 0 atom stereocenters. The van der Waals surface area contributed by atoms with Gasteiger partial charge in [-0.2, -0.15) is 0 Å². The van der Waals surface area contributed by atoms with Crippen LogP contribution in [0.15, 0.2) is 46.9 Å². The van der Waals surface area contributed by atoms with Gasteiger partial charge in [0.25, 0.3) is 0 Å². The van der Waals surface area contributed by atoms with Gasteiger partial charge < -0.3 is 5.32 Å². The first kappa shape index (κ1) is 11.2. The Balaban J connectivity index is 2.31. The van der Waals surface area contributed by atoms with E-state index in [1.807, 2.05) is 12.1 Å². The number of para-hydroxylation sites is 1. The minimum atomic E-state index is 1.11. The molecule has 82 valence electrons. The summed E-state index contributed by atoms with van der Waals surface area (Å²) in [6.45, 7) is 4.21. The van der Waals surface area contributed by atoms with Crippen molar-refractivity contribution in [3.63, 3.8) is 0 Å². The topological polar surface area (TPSA) is 12.0 Å². The molecule has 0 aliphatic heterocycles. The molecule has 2 aromatic carbocycles. The molecule has 2 aromatic rings. The molecule has 0 bridgehead atoms. The Morgan fingerprint density at radius 3 is 2.25 bits per heavy atom. The minimum Gasteiger partial charge on any atom is -0.355 e. The van der Waals surface area contributed by atoms with E-state index in [2.05, 4.69) is 65.4 Å². The molecule has 0 saturated heterocycles. The fourth-order valence-electron chi connectivity index (χ4n) is 1.63. The Bertz CT molecular complexity index is 506. The third-order valence-electron chi connectivity index (χ3n) is 2.60. The summed E-state index contributed by atoms with van der Waals surface area (Å²) in [6, 6.07) is 14.5. The van der Waals surface area contributed by atoms with Crippen LogP contribution in [0.1, 0.15) is 11.1 Å². The standard InChI is InChI=1S/C14H14BrN/c1-10-5-3-4-6-13(10)16-14-8-7-12(15)9-11(14)2/h3-9,16H,1-2H3. The molecule has 0 heterocycles. The zero-order chi connectivity index (χ0) is 11.5. The number of hydrogen-bond donors (Lipinski definition) is 1. The first-order chi connectivity index (χ1) is 7.66. The molecule has 0 radical (unpaired) electrons. The van der Waals surface area contributed by atoms with Gasteiger partial charge in [0, 0.05) is 15.8 Å². The SMILES string of the molecule is Cc1ccccc1Nc1ccc(Br)cc1C. The fourth-order valence-corrected chi connectivity index (χ4v) is 2.10. The van der Waals surface area contributed by atoms with Crippen molar-refractivity contribution in [2.24, 2.45) is 0 Å². The van der Waals surface area contributed by atoms with Gasteiger partial charge in [-0.1, -0.05) is 34.1 Å². The molecule has 1 nitrogen and oxygen atoms in total. The highest BCUT2D eigenvalue weighted by Crippen LogP contribution is 2.25. The summed E-state index contributed by atoms with van der Waals surface area (Å²) in [7, 11) is 0. The number of anilines is 2. The van der Waals surface area contributed by atoms with E-state index in [0.29, 0.717) is 0 Å². The summed E-state index contributed by atoms with van der Waals surface area (Å²) < 4.78 is 1.11. The van der Waals surface area contributed by atoms with Crippen molar-refractivity contribution in [1.82, 2.24) is 0 Å². The second-order valence-corrected chi connectivity index (χ2v) is 4.81. The van der Waals surface area contributed by atoms with Crippen molar-refractivity contribution in [3.05, 3.63) is 58.1 Å². The van der Waals surface area contributed by atoms with Crippen LogP contribution in [0, 0.1) is 13.8 Å². The second-order valence-electron chi connectivity index (χ2n) is 3.90. The molecule has 0 amide bonds. The predicted octanol–water partition coefficient (Wildman–Crippen LogP) is 4.81. The summed E-state index contributed by atoms with van der Waals surface area (Å²) in [6.07, 6.45) is 0. The lowest BCUT2D eigenvalue weighted by Crippen LogP contribution is -1.94. The molecule has 0 saturated carbocycles. The van der Waals surface area contributed by atoms with Crippen LogP contribution < -0.4 is 5.32 Å². The maximum Gasteiger partial charge on any atom is 0.0414 e. The molecule has 2 rings (SSSR count). The Morgan fingerprint density at radius 1 is 0.875 bits per heavy atom. The van der Waals surface area contributed by atoms with Crippen LogP contribution in [-0.4, -0.2) is 0 Å². The van der Waals surface area contributed by atoms with Crippen LogP contribution in [0.5, 0.6) is 0 Å². The molecular formula is C14H14BrN. The average Bonchev–Trinajstić information content (AvgIpc) is 2.25. The van der Waals surface area contributed by atoms with Crippen molar-refractivity contribution >= 4 is 27.3 Å². The van der Waals surface area contributed by atoms with Gasteiger partial charge in [0.05, 0.1) is 0 Å². The van der Waals surface area contributed by atoms with Gasteiger partial charge in [0.15, 0.2) is 0 Å². The first-order valence-electron chi connectivity index (χ1n) is 5.25. The summed E-state index contributed by atoms with van der Waals surface area (Å²) in [5.74, 6) is 0. The average molecular weight is 276 g/mol. The number of hydrogen-bond acceptors (Lipinski definition) is 1. The third kappa shape index (κ3) is 2.45. The maximum atomic E-state index is 3.47. The summed E-state index contributed by atoms with van der Waals surface area (Å²) in [5, 5.41) is 3.45. The van der Waals surface area contributed by atoms with E-state index in [1.54, 1.807) is 0 Å². The van der Waals surface area contributed by atoms with Crippen LogP contribution >= 0.6 is 15.9 Å². The molecule has 2 heteroatoms. The number of nitrogens with one attached hydrogen (secondary N) is 1. The number of benzene rings is 2. The van der Waals surface area contributed by atoms with Crippen LogP contribution in [-0.2, 0) is 0 Å². The molecule has 0 spiro atoms. The predicted molar refractivity (Wildman–Crippen MR) is 73.3 cm³/mol. The Hall–Kier alpha value is -1.28. The third-order valence-corrected chi connectivity index (χ3v) is 3.10. The fraction of sp³-hybridized carbons (Fsp3) is 0.143. The van der Waals surface area contributed by atoms with Gasteiger partial charge >= 0.3 is 0 Å². The van der Waals surface area contributed by atoms with Gasteiger partial charge in [-0.25, -0.2) is 0 Å². The van der Waals surface area contributed by atoms with E-state index >= 15 is 0 Å². The monoisotopic (exact) mass is 275 g/mol. The van der Waals surface area contributed by atoms with Crippen molar-refractivity contribution in [2.45, 2.75) is 13.8 Å². The lowest BCUT2D eigenvalue weighted by molar-refractivity contribution is 1.38. The molecule has 0 fully saturated rings. The molecule has 16 heavy (non-hydrogen) atoms. The molecule has 1 N–H and O–H groups in total. The van der Waals surface area contributed by atoms with Gasteiger partial charge in [-0.3, -0.25) is 0 Å². The second kappa shape index (κ2) is 4.71. The van der Waals surface area contributed by atoms with E-state index < -0.39 is 0 Å². The molecule has 0 aliphatic carbocycles. The normalized spacial score (nSPS) is 10.2. The molecule has 0 aliphatic rings. The lowest BCUT2D eigenvalue weighted by Gasteiger charge is -2.11. The molecule has 0 unspecified atom stereocenters. The van der Waals surface area contributed by atoms with Crippen molar-refractivity contribution < 1.29 is 0 Å². The summed E-state index contributed by atoms with van der Waals surface area (Å²) >= 11 is 3.47. The number of halogens is 1. The van der Waals surface area contributed by atoms with Gasteiger partial charge in [-0.15, -0.1) is 0 Å².